The molecule has 0 aliphatic heterocycles. The Hall–Kier alpha value is -1.93. The van der Waals surface area contributed by atoms with E-state index in [1.807, 2.05) is 24.3 Å². The Bertz CT molecular complexity index is 854. The van der Waals surface area contributed by atoms with Crippen LogP contribution in [-0.2, 0) is 32.7 Å². The van der Waals surface area contributed by atoms with E-state index < -0.39 is 22.0 Å². The Morgan fingerprint density at radius 1 is 1.15 bits per heavy atom. The normalized spacial score (nSPS) is 12.6. The van der Waals surface area contributed by atoms with Gasteiger partial charge >= 0.3 is 0 Å². The zero-order valence-electron chi connectivity index (χ0n) is 14.5. The van der Waals surface area contributed by atoms with Crippen molar-refractivity contribution in [1.82, 2.24) is 10.0 Å². The summed E-state index contributed by atoms with van der Waals surface area (Å²) >= 11 is 5.76. The van der Waals surface area contributed by atoms with Crippen LogP contribution in [0.5, 0.6) is 0 Å². The number of ether oxygens (including phenoxy) is 1. The first-order valence-electron chi connectivity index (χ1n) is 7.94. The number of benzene rings is 2. The van der Waals surface area contributed by atoms with Gasteiger partial charge in [-0.1, -0.05) is 35.9 Å². The summed E-state index contributed by atoms with van der Waals surface area (Å²) in [7, 11) is -2.19. The molecule has 0 aromatic heterocycles. The fraction of sp³-hybridized carbons (Fsp3) is 0.278. The molecule has 1 amide bonds. The van der Waals surface area contributed by atoms with Crippen LogP contribution in [0.25, 0.3) is 0 Å². The van der Waals surface area contributed by atoms with E-state index in [2.05, 4.69) is 10.0 Å². The molecule has 0 spiro atoms. The lowest BCUT2D eigenvalue weighted by molar-refractivity contribution is -0.122. The van der Waals surface area contributed by atoms with E-state index in [1.165, 1.54) is 31.2 Å². The largest absolute Gasteiger partial charge is 0.380 e. The van der Waals surface area contributed by atoms with E-state index in [1.54, 1.807) is 7.11 Å². The molecule has 2 rings (SSSR count). The number of halogens is 1. The summed E-state index contributed by atoms with van der Waals surface area (Å²) < 4.78 is 32.0. The first-order valence-corrected chi connectivity index (χ1v) is 9.80. The molecule has 0 bridgehead atoms. The number of sulfonamides is 1. The van der Waals surface area contributed by atoms with Crippen LogP contribution >= 0.6 is 11.6 Å². The van der Waals surface area contributed by atoms with Crippen molar-refractivity contribution in [2.75, 3.05) is 7.11 Å². The molecule has 26 heavy (non-hydrogen) atoms. The van der Waals surface area contributed by atoms with Crippen molar-refractivity contribution in [2.24, 2.45) is 0 Å². The van der Waals surface area contributed by atoms with E-state index in [4.69, 9.17) is 16.3 Å². The quantitative estimate of drug-likeness (QED) is 0.717. The number of carbonyl (C=O) groups excluding carboxylic acids is 1. The van der Waals surface area contributed by atoms with Crippen LogP contribution in [0.4, 0.5) is 0 Å². The number of rotatable bonds is 8. The van der Waals surface area contributed by atoms with Crippen molar-refractivity contribution in [3.63, 3.8) is 0 Å². The molecule has 0 heterocycles. The molecule has 2 N–H and O–H groups in total. The van der Waals surface area contributed by atoms with Crippen LogP contribution in [0.1, 0.15) is 18.1 Å². The monoisotopic (exact) mass is 396 g/mol. The lowest BCUT2D eigenvalue weighted by atomic mass is 10.1. The average Bonchev–Trinajstić information content (AvgIpc) is 2.60. The highest BCUT2D eigenvalue weighted by Crippen LogP contribution is 2.14. The van der Waals surface area contributed by atoms with Gasteiger partial charge in [0.05, 0.1) is 17.5 Å². The van der Waals surface area contributed by atoms with E-state index >= 15 is 0 Å². The second-order valence-electron chi connectivity index (χ2n) is 5.77. The molecule has 0 aliphatic carbocycles. The highest BCUT2D eigenvalue weighted by Gasteiger charge is 2.21. The second-order valence-corrected chi connectivity index (χ2v) is 7.92. The minimum Gasteiger partial charge on any atom is -0.380 e. The molecule has 0 radical (unpaired) electrons. The number of amides is 1. The van der Waals surface area contributed by atoms with Crippen LogP contribution < -0.4 is 10.0 Å². The van der Waals surface area contributed by atoms with Crippen molar-refractivity contribution in [3.05, 3.63) is 64.7 Å². The van der Waals surface area contributed by atoms with Gasteiger partial charge < -0.3 is 10.1 Å². The van der Waals surface area contributed by atoms with Gasteiger partial charge in [0, 0.05) is 18.7 Å². The Balaban J connectivity index is 1.95. The molecule has 2 aromatic rings. The van der Waals surface area contributed by atoms with Gasteiger partial charge in [-0.3, -0.25) is 4.79 Å². The molecule has 8 heteroatoms. The Labute approximate surface area is 158 Å². The zero-order chi connectivity index (χ0) is 19.2. The number of methoxy groups -OCH3 is 1. The predicted octanol–water partition coefficient (Wildman–Crippen LogP) is 2.47. The minimum absolute atomic E-state index is 0.0498. The second kappa shape index (κ2) is 9.14. The Morgan fingerprint density at radius 3 is 2.46 bits per heavy atom. The first kappa shape index (κ1) is 20.4. The van der Waals surface area contributed by atoms with E-state index in [0.717, 1.165) is 11.1 Å². The smallest absolute Gasteiger partial charge is 0.241 e. The molecule has 2 aromatic carbocycles. The summed E-state index contributed by atoms with van der Waals surface area (Å²) in [6, 6.07) is 12.4. The minimum atomic E-state index is -3.80. The highest BCUT2D eigenvalue weighted by atomic mass is 35.5. The van der Waals surface area contributed by atoms with Crippen LogP contribution in [-0.4, -0.2) is 27.5 Å². The van der Waals surface area contributed by atoms with Crippen molar-refractivity contribution in [2.45, 2.75) is 31.0 Å². The van der Waals surface area contributed by atoms with Crippen LogP contribution in [0.15, 0.2) is 53.4 Å². The van der Waals surface area contributed by atoms with Gasteiger partial charge in [0.1, 0.15) is 0 Å². The number of carbonyl (C=O) groups is 1. The van der Waals surface area contributed by atoms with E-state index in [0.29, 0.717) is 18.2 Å². The molecule has 140 valence electrons. The first-order chi connectivity index (χ1) is 12.3. The topological polar surface area (TPSA) is 84.5 Å². The molecular weight excluding hydrogens is 376 g/mol. The maximum absolute atomic E-state index is 12.3. The maximum Gasteiger partial charge on any atom is 0.241 e. The van der Waals surface area contributed by atoms with Gasteiger partial charge in [0.2, 0.25) is 15.9 Å². The van der Waals surface area contributed by atoms with Gasteiger partial charge in [-0.2, -0.15) is 4.72 Å². The molecule has 0 saturated carbocycles. The van der Waals surface area contributed by atoms with Crippen LogP contribution in [0.3, 0.4) is 0 Å². The van der Waals surface area contributed by atoms with Crippen molar-refractivity contribution >= 4 is 27.5 Å². The van der Waals surface area contributed by atoms with Crippen molar-refractivity contribution in [3.8, 4) is 0 Å². The third-order valence-electron chi connectivity index (χ3n) is 3.62. The average molecular weight is 397 g/mol. The zero-order valence-corrected chi connectivity index (χ0v) is 16.1. The van der Waals surface area contributed by atoms with Crippen LogP contribution in [0.2, 0.25) is 5.02 Å². The van der Waals surface area contributed by atoms with Crippen LogP contribution in [0, 0.1) is 0 Å². The standard InChI is InChI=1S/C18H21ClN2O4S/c1-13(21-26(23,24)17-8-6-16(19)7-9-17)18(22)20-11-14-4-3-5-15(10-14)12-25-2/h3-10,13,21H,11-12H2,1-2H3,(H,20,22)/t13-/m0/s1. The number of hydrogen-bond acceptors (Lipinski definition) is 4. The molecule has 0 unspecified atom stereocenters. The maximum atomic E-state index is 12.3. The van der Waals surface area contributed by atoms with Gasteiger partial charge in [0.25, 0.3) is 0 Å². The fourth-order valence-electron chi connectivity index (χ4n) is 2.31. The third kappa shape index (κ3) is 5.81. The van der Waals surface area contributed by atoms with E-state index in [9.17, 15) is 13.2 Å². The van der Waals surface area contributed by atoms with Crippen molar-refractivity contribution < 1.29 is 17.9 Å². The van der Waals surface area contributed by atoms with Gasteiger partial charge in [-0.15, -0.1) is 0 Å². The summed E-state index contributed by atoms with van der Waals surface area (Å²) in [5.74, 6) is -0.417. The molecule has 1 atom stereocenters. The molecule has 0 saturated heterocycles. The van der Waals surface area contributed by atoms with Gasteiger partial charge in [-0.05, 0) is 42.3 Å². The SMILES string of the molecule is COCc1cccc(CNC(=O)[C@H](C)NS(=O)(=O)c2ccc(Cl)cc2)c1. The summed E-state index contributed by atoms with van der Waals surface area (Å²) in [6.07, 6.45) is 0. The molecular formula is C18H21ClN2O4S. The Morgan fingerprint density at radius 2 is 1.81 bits per heavy atom. The predicted molar refractivity (Wildman–Crippen MR) is 100 cm³/mol. The molecule has 0 aliphatic rings. The summed E-state index contributed by atoms with van der Waals surface area (Å²) in [4.78, 5) is 12.3. The van der Waals surface area contributed by atoms with Gasteiger partial charge in [0.15, 0.2) is 0 Å². The summed E-state index contributed by atoms with van der Waals surface area (Å²) in [5.41, 5.74) is 1.90. The lowest BCUT2D eigenvalue weighted by Gasteiger charge is -2.15. The van der Waals surface area contributed by atoms with Crippen molar-refractivity contribution in [1.29, 1.82) is 0 Å². The Kier molecular flexibility index (Phi) is 7.16. The lowest BCUT2D eigenvalue weighted by Crippen LogP contribution is -2.44. The fourth-order valence-corrected chi connectivity index (χ4v) is 3.64. The molecule has 0 fully saturated rings. The molecule has 6 nitrogen and oxygen atoms in total. The van der Waals surface area contributed by atoms with E-state index in [-0.39, 0.29) is 4.90 Å². The number of nitrogens with one attached hydrogen (secondary N) is 2. The third-order valence-corrected chi connectivity index (χ3v) is 5.43. The summed E-state index contributed by atoms with van der Waals surface area (Å²) in [5, 5.41) is 3.16. The summed E-state index contributed by atoms with van der Waals surface area (Å²) in [6.45, 7) is 2.27. The van der Waals surface area contributed by atoms with Gasteiger partial charge in [-0.25, -0.2) is 8.42 Å². The number of hydrogen-bond donors (Lipinski definition) is 2. The highest BCUT2D eigenvalue weighted by molar-refractivity contribution is 7.89.